The molecule has 0 heterocycles. The number of halogens is 2. The fourth-order valence-corrected chi connectivity index (χ4v) is 2.20. The van der Waals surface area contributed by atoms with Crippen LogP contribution in [0.5, 0.6) is 0 Å². The molecule has 0 aliphatic heterocycles. The summed E-state index contributed by atoms with van der Waals surface area (Å²) in [7, 11) is 0. The molecule has 0 aliphatic carbocycles. The maximum atomic E-state index is 13.7. The second kappa shape index (κ2) is 7.55. The summed E-state index contributed by atoms with van der Waals surface area (Å²) in [6, 6.07) is 5.07. The first-order valence-electron chi connectivity index (χ1n) is 6.35. The average molecular weight is 270 g/mol. The largest absolute Gasteiger partial charge is 0.314 e. The summed E-state index contributed by atoms with van der Waals surface area (Å²) in [5.74, 6) is -0.222. The van der Waals surface area contributed by atoms with Gasteiger partial charge in [0.15, 0.2) is 0 Å². The van der Waals surface area contributed by atoms with Crippen LogP contribution in [0.1, 0.15) is 32.3 Å². The van der Waals surface area contributed by atoms with Crippen LogP contribution >= 0.6 is 11.6 Å². The number of rotatable bonds is 7. The van der Waals surface area contributed by atoms with Gasteiger partial charge in [-0.05, 0) is 44.9 Å². The van der Waals surface area contributed by atoms with Gasteiger partial charge in [-0.3, -0.25) is 0 Å². The lowest BCUT2D eigenvalue weighted by molar-refractivity contribution is 0.479. The van der Waals surface area contributed by atoms with Crippen molar-refractivity contribution in [1.82, 2.24) is 5.32 Å². The van der Waals surface area contributed by atoms with Crippen LogP contribution in [-0.4, -0.2) is 12.6 Å². The highest BCUT2D eigenvalue weighted by atomic mass is 35.5. The minimum Gasteiger partial charge on any atom is -0.314 e. The molecule has 0 spiro atoms. The summed E-state index contributed by atoms with van der Waals surface area (Å²) in [6.45, 7) is 8.83. The predicted octanol–water partition coefficient (Wildman–Crippen LogP) is 4.36. The van der Waals surface area contributed by atoms with E-state index < -0.39 is 0 Å². The molecule has 0 aromatic heterocycles. The summed E-state index contributed by atoms with van der Waals surface area (Å²) in [5, 5.41) is 3.88. The molecule has 18 heavy (non-hydrogen) atoms. The molecule has 0 fully saturated rings. The van der Waals surface area contributed by atoms with Crippen molar-refractivity contribution in [2.24, 2.45) is 0 Å². The van der Waals surface area contributed by atoms with Crippen molar-refractivity contribution in [3.05, 3.63) is 46.8 Å². The maximum Gasteiger partial charge on any atom is 0.127 e. The number of likely N-dealkylation sites (N-methyl/N-ethyl adjacent to an activating group) is 1. The fraction of sp³-hybridized carbons (Fsp3) is 0.467. The van der Waals surface area contributed by atoms with Crippen LogP contribution < -0.4 is 5.32 Å². The highest BCUT2D eigenvalue weighted by Crippen LogP contribution is 2.22. The van der Waals surface area contributed by atoms with Crippen molar-refractivity contribution in [3.63, 3.8) is 0 Å². The fourth-order valence-electron chi connectivity index (χ4n) is 1.96. The molecule has 1 N–H and O–H groups in total. The molecule has 1 aromatic rings. The van der Waals surface area contributed by atoms with E-state index in [2.05, 4.69) is 18.8 Å². The Kier molecular flexibility index (Phi) is 6.37. The Bertz CT molecular complexity index is 383. The lowest BCUT2D eigenvalue weighted by Gasteiger charge is -2.19. The predicted molar refractivity (Wildman–Crippen MR) is 76.6 cm³/mol. The molecule has 0 radical (unpaired) electrons. The van der Waals surface area contributed by atoms with Crippen LogP contribution in [0.4, 0.5) is 4.39 Å². The quantitative estimate of drug-likeness (QED) is 0.726. The van der Waals surface area contributed by atoms with Gasteiger partial charge in [0.25, 0.3) is 0 Å². The molecule has 3 heteroatoms. The summed E-state index contributed by atoms with van der Waals surface area (Å²) in [5.41, 5.74) is 1.75. The second-order valence-corrected chi connectivity index (χ2v) is 5.06. The van der Waals surface area contributed by atoms with Gasteiger partial charge in [-0.2, -0.15) is 0 Å². The Morgan fingerprint density at radius 2 is 2.22 bits per heavy atom. The highest BCUT2D eigenvalue weighted by Gasteiger charge is 2.14. The van der Waals surface area contributed by atoms with E-state index >= 15 is 0 Å². The van der Waals surface area contributed by atoms with Gasteiger partial charge in [-0.15, -0.1) is 6.58 Å². The van der Waals surface area contributed by atoms with Crippen LogP contribution in [0.3, 0.4) is 0 Å². The Hall–Kier alpha value is -0.860. The molecule has 0 saturated carbocycles. The van der Waals surface area contributed by atoms with Gasteiger partial charge in [0.2, 0.25) is 0 Å². The highest BCUT2D eigenvalue weighted by molar-refractivity contribution is 6.31. The molecule has 0 amide bonds. The third-order valence-electron chi connectivity index (χ3n) is 2.92. The third-order valence-corrected chi connectivity index (χ3v) is 3.28. The maximum absolute atomic E-state index is 13.7. The zero-order chi connectivity index (χ0) is 13.5. The molecule has 1 atom stereocenters. The van der Waals surface area contributed by atoms with E-state index in [1.165, 1.54) is 6.07 Å². The van der Waals surface area contributed by atoms with E-state index in [0.29, 0.717) is 17.0 Å². The first-order chi connectivity index (χ1) is 8.54. The Balaban J connectivity index is 2.73. The van der Waals surface area contributed by atoms with Crippen molar-refractivity contribution in [3.8, 4) is 0 Å². The van der Waals surface area contributed by atoms with Gasteiger partial charge in [0.05, 0.1) is 0 Å². The first-order valence-corrected chi connectivity index (χ1v) is 6.73. The Morgan fingerprint density at radius 3 is 2.78 bits per heavy atom. The molecule has 100 valence electrons. The van der Waals surface area contributed by atoms with E-state index in [0.717, 1.165) is 25.0 Å². The molecule has 1 unspecified atom stereocenters. The molecule has 0 aliphatic rings. The summed E-state index contributed by atoms with van der Waals surface area (Å²) in [6.07, 6.45) is 2.52. The Labute approximate surface area is 114 Å². The van der Waals surface area contributed by atoms with E-state index in [-0.39, 0.29) is 11.9 Å². The van der Waals surface area contributed by atoms with Crippen LogP contribution in [0, 0.1) is 5.82 Å². The normalized spacial score (nSPS) is 12.4. The lowest BCUT2D eigenvalue weighted by Crippen LogP contribution is -2.31. The SMILES string of the molecule is C=C(C)CCC(Cc1c(F)cccc1Cl)NCC. The minimum atomic E-state index is -0.222. The summed E-state index contributed by atoms with van der Waals surface area (Å²) >= 11 is 6.05. The number of nitrogens with one attached hydrogen (secondary N) is 1. The van der Waals surface area contributed by atoms with E-state index in [1.54, 1.807) is 12.1 Å². The second-order valence-electron chi connectivity index (χ2n) is 4.65. The standard InChI is InChI=1S/C15H21ClFN/c1-4-18-12(9-8-11(2)3)10-13-14(16)6-5-7-15(13)17/h5-7,12,18H,2,4,8-10H2,1,3H3. The lowest BCUT2D eigenvalue weighted by atomic mass is 9.99. The average Bonchev–Trinajstić information content (AvgIpc) is 2.30. The number of allylic oxidation sites excluding steroid dienone is 1. The third kappa shape index (κ3) is 4.79. The van der Waals surface area contributed by atoms with E-state index in [9.17, 15) is 4.39 Å². The van der Waals surface area contributed by atoms with Gasteiger partial charge >= 0.3 is 0 Å². The van der Waals surface area contributed by atoms with Crippen molar-refractivity contribution in [1.29, 1.82) is 0 Å². The molecule has 0 saturated heterocycles. The molecule has 1 aromatic carbocycles. The van der Waals surface area contributed by atoms with Crippen molar-refractivity contribution < 1.29 is 4.39 Å². The zero-order valence-corrected chi connectivity index (χ0v) is 11.9. The van der Waals surface area contributed by atoms with Crippen LogP contribution in [-0.2, 0) is 6.42 Å². The van der Waals surface area contributed by atoms with Gasteiger partial charge in [-0.1, -0.05) is 30.2 Å². The van der Waals surface area contributed by atoms with Crippen LogP contribution in [0.15, 0.2) is 30.4 Å². The molecule has 0 bridgehead atoms. The zero-order valence-electron chi connectivity index (χ0n) is 11.1. The molecular weight excluding hydrogens is 249 g/mol. The van der Waals surface area contributed by atoms with Crippen molar-refractivity contribution >= 4 is 11.6 Å². The van der Waals surface area contributed by atoms with Gasteiger partial charge < -0.3 is 5.32 Å². The van der Waals surface area contributed by atoms with E-state index in [4.69, 9.17) is 11.6 Å². The smallest absolute Gasteiger partial charge is 0.127 e. The van der Waals surface area contributed by atoms with E-state index in [1.807, 2.05) is 6.92 Å². The monoisotopic (exact) mass is 269 g/mol. The van der Waals surface area contributed by atoms with Crippen molar-refractivity contribution in [2.75, 3.05) is 6.54 Å². The van der Waals surface area contributed by atoms with Gasteiger partial charge in [0.1, 0.15) is 5.82 Å². The van der Waals surface area contributed by atoms with Crippen LogP contribution in [0.25, 0.3) is 0 Å². The minimum absolute atomic E-state index is 0.222. The van der Waals surface area contributed by atoms with Gasteiger partial charge in [0, 0.05) is 16.6 Å². The number of hydrogen-bond donors (Lipinski definition) is 1. The molecular formula is C15H21ClFN. The summed E-state index contributed by atoms with van der Waals surface area (Å²) in [4.78, 5) is 0. The first kappa shape index (κ1) is 15.2. The summed E-state index contributed by atoms with van der Waals surface area (Å²) < 4.78 is 13.7. The number of hydrogen-bond acceptors (Lipinski definition) is 1. The molecule has 1 nitrogen and oxygen atoms in total. The van der Waals surface area contributed by atoms with Gasteiger partial charge in [-0.25, -0.2) is 4.39 Å². The van der Waals surface area contributed by atoms with Crippen LogP contribution in [0.2, 0.25) is 5.02 Å². The van der Waals surface area contributed by atoms with Crippen molar-refractivity contribution in [2.45, 2.75) is 39.2 Å². The Morgan fingerprint density at radius 1 is 1.50 bits per heavy atom. The number of benzene rings is 1. The molecule has 1 rings (SSSR count). The topological polar surface area (TPSA) is 12.0 Å².